The number of nitrogens with zero attached hydrogens (tertiary/aromatic N) is 1. The number of carbonyl (C=O) groups excluding carboxylic acids is 1. The standard InChI is InChI=1S/C21H17NO3/c23-21(15-7-2-1-3-8-15)17(16-9-6-12-22-14-16)13-20-24-18-10-4-5-11-19(18)25-20/h1-12,14,17,20H,13H2. The predicted molar refractivity (Wildman–Crippen MR) is 93.9 cm³/mol. The van der Waals surface area contributed by atoms with E-state index < -0.39 is 6.29 Å². The lowest BCUT2D eigenvalue weighted by atomic mass is 9.88. The van der Waals surface area contributed by atoms with Crippen LogP contribution in [0.2, 0.25) is 0 Å². The molecule has 0 aliphatic carbocycles. The van der Waals surface area contributed by atoms with Gasteiger partial charge < -0.3 is 9.47 Å². The summed E-state index contributed by atoms with van der Waals surface area (Å²) in [5.41, 5.74) is 1.53. The van der Waals surface area contributed by atoms with E-state index in [9.17, 15) is 4.79 Å². The first-order valence-electron chi connectivity index (χ1n) is 8.23. The number of ether oxygens (including phenoxy) is 2. The Morgan fingerprint density at radius 2 is 1.60 bits per heavy atom. The zero-order valence-electron chi connectivity index (χ0n) is 13.5. The second-order valence-corrected chi connectivity index (χ2v) is 5.92. The summed E-state index contributed by atoms with van der Waals surface area (Å²) in [6, 6.07) is 20.6. The molecule has 0 spiro atoms. The Kier molecular flexibility index (Phi) is 4.17. The molecular formula is C21H17NO3. The smallest absolute Gasteiger partial charge is 0.242 e. The molecule has 0 saturated carbocycles. The maximum absolute atomic E-state index is 13.1. The number of ketones is 1. The Hall–Kier alpha value is -3.14. The third kappa shape index (κ3) is 3.24. The Morgan fingerprint density at radius 3 is 2.24 bits per heavy atom. The third-order valence-electron chi connectivity index (χ3n) is 4.26. The molecule has 3 aromatic rings. The van der Waals surface area contributed by atoms with Gasteiger partial charge in [-0.15, -0.1) is 0 Å². The van der Waals surface area contributed by atoms with Crippen LogP contribution in [0, 0.1) is 0 Å². The molecule has 0 amide bonds. The fourth-order valence-corrected chi connectivity index (χ4v) is 3.02. The lowest BCUT2D eigenvalue weighted by Crippen LogP contribution is -2.25. The van der Waals surface area contributed by atoms with Gasteiger partial charge in [0.15, 0.2) is 17.3 Å². The first kappa shape index (κ1) is 15.4. The number of benzene rings is 2. The fourth-order valence-electron chi connectivity index (χ4n) is 3.02. The number of aromatic nitrogens is 1. The van der Waals surface area contributed by atoms with Gasteiger partial charge in [0, 0.05) is 24.4 Å². The Labute approximate surface area is 146 Å². The predicted octanol–water partition coefficient (Wildman–Crippen LogP) is 4.24. The number of Topliss-reactive ketones (excluding diaryl/α,β-unsaturated/α-hetero) is 1. The number of para-hydroxylation sites is 2. The largest absolute Gasteiger partial charge is 0.451 e. The van der Waals surface area contributed by atoms with E-state index in [1.54, 1.807) is 12.4 Å². The molecule has 1 unspecified atom stereocenters. The number of fused-ring (bicyclic) bond motifs is 1. The summed E-state index contributed by atoms with van der Waals surface area (Å²) in [5, 5.41) is 0. The van der Waals surface area contributed by atoms with Crippen LogP contribution < -0.4 is 9.47 Å². The number of hydrogen-bond donors (Lipinski definition) is 0. The highest BCUT2D eigenvalue weighted by Crippen LogP contribution is 2.37. The first-order valence-corrected chi connectivity index (χ1v) is 8.23. The van der Waals surface area contributed by atoms with Gasteiger partial charge in [0.2, 0.25) is 6.29 Å². The quantitative estimate of drug-likeness (QED) is 0.656. The van der Waals surface area contributed by atoms with Crippen LogP contribution in [0.25, 0.3) is 0 Å². The van der Waals surface area contributed by atoms with Gasteiger partial charge in [-0.1, -0.05) is 48.5 Å². The van der Waals surface area contributed by atoms with Crippen molar-refractivity contribution in [2.45, 2.75) is 18.6 Å². The Morgan fingerprint density at radius 1 is 0.920 bits per heavy atom. The van der Waals surface area contributed by atoms with E-state index in [-0.39, 0.29) is 11.7 Å². The Bertz CT molecular complexity index is 840. The first-order chi connectivity index (χ1) is 12.3. The van der Waals surface area contributed by atoms with E-state index in [4.69, 9.17) is 9.47 Å². The van der Waals surface area contributed by atoms with Gasteiger partial charge in [-0.25, -0.2) is 0 Å². The second kappa shape index (κ2) is 6.77. The molecule has 1 atom stereocenters. The van der Waals surface area contributed by atoms with Gasteiger partial charge in [-0.3, -0.25) is 9.78 Å². The summed E-state index contributed by atoms with van der Waals surface area (Å²) in [6.07, 6.45) is 3.36. The van der Waals surface area contributed by atoms with E-state index >= 15 is 0 Å². The van der Waals surface area contributed by atoms with E-state index in [2.05, 4.69) is 4.98 Å². The molecule has 0 saturated heterocycles. The van der Waals surface area contributed by atoms with E-state index in [0.717, 1.165) is 5.56 Å². The molecule has 0 N–H and O–H groups in total. The molecule has 1 aliphatic rings. The van der Waals surface area contributed by atoms with E-state index in [1.165, 1.54) is 0 Å². The number of rotatable bonds is 5. The summed E-state index contributed by atoms with van der Waals surface area (Å²) in [7, 11) is 0. The minimum absolute atomic E-state index is 0.0387. The fraction of sp³-hybridized carbons (Fsp3) is 0.143. The summed E-state index contributed by atoms with van der Waals surface area (Å²) >= 11 is 0. The van der Waals surface area contributed by atoms with Crippen molar-refractivity contribution in [2.24, 2.45) is 0 Å². The van der Waals surface area contributed by atoms with Crippen molar-refractivity contribution >= 4 is 5.78 Å². The molecule has 0 fully saturated rings. The molecule has 124 valence electrons. The maximum atomic E-state index is 13.1. The SMILES string of the molecule is O=C(c1ccccc1)C(CC1Oc2ccccc2O1)c1cccnc1. The molecule has 2 aromatic carbocycles. The van der Waals surface area contributed by atoms with E-state index in [1.807, 2.05) is 66.7 Å². The summed E-state index contributed by atoms with van der Waals surface area (Å²) in [5.74, 6) is 1.08. The minimum Gasteiger partial charge on any atom is -0.451 e. The average Bonchev–Trinajstić information content (AvgIpc) is 3.09. The van der Waals surface area contributed by atoms with E-state index in [0.29, 0.717) is 23.5 Å². The van der Waals surface area contributed by atoms with Crippen LogP contribution in [0.1, 0.15) is 28.3 Å². The van der Waals surface area contributed by atoms with Crippen LogP contribution in [0.4, 0.5) is 0 Å². The molecule has 1 aliphatic heterocycles. The minimum atomic E-state index is -0.490. The van der Waals surface area contributed by atoms with Crippen molar-refractivity contribution in [2.75, 3.05) is 0 Å². The van der Waals surface area contributed by atoms with Crippen LogP contribution in [-0.4, -0.2) is 17.1 Å². The lowest BCUT2D eigenvalue weighted by Gasteiger charge is -2.19. The monoisotopic (exact) mass is 331 g/mol. The summed E-state index contributed by atoms with van der Waals surface area (Å²) < 4.78 is 11.7. The number of pyridine rings is 1. The maximum Gasteiger partial charge on any atom is 0.242 e. The van der Waals surface area contributed by atoms with Crippen molar-refractivity contribution in [3.63, 3.8) is 0 Å². The molecule has 0 bridgehead atoms. The van der Waals surface area contributed by atoms with Crippen molar-refractivity contribution < 1.29 is 14.3 Å². The number of hydrogen-bond acceptors (Lipinski definition) is 4. The van der Waals surface area contributed by atoms with Crippen molar-refractivity contribution in [3.8, 4) is 11.5 Å². The molecule has 4 rings (SSSR count). The van der Waals surface area contributed by atoms with Gasteiger partial charge in [-0.2, -0.15) is 0 Å². The Balaban J connectivity index is 1.60. The molecular weight excluding hydrogens is 314 g/mol. The summed E-state index contributed by atoms with van der Waals surface area (Å²) in [6.45, 7) is 0. The second-order valence-electron chi connectivity index (χ2n) is 5.92. The van der Waals surface area contributed by atoms with Gasteiger partial charge >= 0.3 is 0 Å². The van der Waals surface area contributed by atoms with Gasteiger partial charge in [0.05, 0.1) is 5.92 Å². The highest BCUT2D eigenvalue weighted by Gasteiger charge is 2.31. The highest BCUT2D eigenvalue weighted by molar-refractivity contribution is 6.00. The third-order valence-corrected chi connectivity index (χ3v) is 4.26. The van der Waals surface area contributed by atoms with Gasteiger partial charge in [-0.05, 0) is 23.8 Å². The molecule has 4 heteroatoms. The molecule has 25 heavy (non-hydrogen) atoms. The van der Waals surface area contributed by atoms with Crippen LogP contribution >= 0.6 is 0 Å². The molecule has 0 radical (unpaired) electrons. The number of carbonyl (C=O) groups is 1. The zero-order chi connectivity index (χ0) is 17.1. The molecule has 4 nitrogen and oxygen atoms in total. The van der Waals surface area contributed by atoms with Crippen LogP contribution in [-0.2, 0) is 0 Å². The van der Waals surface area contributed by atoms with Crippen LogP contribution in [0.15, 0.2) is 79.1 Å². The van der Waals surface area contributed by atoms with Gasteiger partial charge in [0.1, 0.15) is 0 Å². The zero-order valence-corrected chi connectivity index (χ0v) is 13.5. The van der Waals surface area contributed by atoms with Crippen molar-refractivity contribution in [1.82, 2.24) is 4.98 Å². The van der Waals surface area contributed by atoms with Crippen molar-refractivity contribution in [1.29, 1.82) is 0 Å². The molecule has 1 aromatic heterocycles. The summed E-state index contributed by atoms with van der Waals surface area (Å²) in [4.78, 5) is 17.2. The average molecular weight is 331 g/mol. The molecule has 2 heterocycles. The van der Waals surface area contributed by atoms with Crippen LogP contribution in [0.5, 0.6) is 11.5 Å². The topological polar surface area (TPSA) is 48.4 Å². The van der Waals surface area contributed by atoms with Gasteiger partial charge in [0.25, 0.3) is 0 Å². The van der Waals surface area contributed by atoms with Crippen molar-refractivity contribution in [3.05, 3.63) is 90.3 Å². The van der Waals surface area contributed by atoms with Crippen LogP contribution in [0.3, 0.4) is 0 Å². The normalized spacial score (nSPS) is 14.2. The highest BCUT2D eigenvalue weighted by atomic mass is 16.7. The lowest BCUT2D eigenvalue weighted by molar-refractivity contribution is 0.0341.